The van der Waals surface area contributed by atoms with E-state index in [-0.39, 0.29) is 5.78 Å². The molecule has 1 aromatic heterocycles. The normalized spacial score (nSPS) is 10.4. The van der Waals surface area contributed by atoms with Crippen LogP contribution in [0.15, 0.2) is 48.7 Å². The molecule has 0 radical (unpaired) electrons. The van der Waals surface area contributed by atoms with Gasteiger partial charge >= 0.3 is 0 Å². The summed E-state index contributed by atoms with van der Waals surface area (Å²) in [6.45, 7) is 0. The predicted octanol–water partition coefficient (Wildman–Crippen LogP) is 3.92. The minimum Gasteiger partial charge on any atom is -0.360 e. The number of benzene rings is 2. The number of carbonyl (C=O) groups is 1. The lowest BCUT2D eigenvalue weighted by Gasteiger charge is -2.03. The topological polar surface area (TPSA) is 56.6 Å². The van der Waals surface area contributed by atoms with Gasteiger partial charge in [0.2, 0.25) is 0 Å². The molecule has 96 valence electrons. The molecule has 0 aliphatic rings. The molecule has 3 nitrogen and oxygen atoms in total. The summed E-state index contributed by atoms with van der Waals surface area (Å²) in [4.78, 5) is 15.6. The van der Waals surface area contributed by atoms with E-state index in [1.165, 1.54) is 0 Å². The maximum atomic E-state index is 12.6. The molecule has 4 heteroatoms. The van der Waals surface area contributed by atoms with Crippen molar-refractivity contribution in [1.29, 1.82) is 5.26 Å². The molecule has 0 spiro atoms. The Balaban J connectivity index is 2.24. The Hall–Kier alpha value is -2.57. The number of ketones is 1. The first-order chi connectivity index (χ1) is 9.72. The fourth-order valence-corrected chi connectivity index (χ4v) is 2.47. The van der Waals surface area contributed by atoms with Crippen molar-refractivity contribution >= 4 is 28.3 Å². The van der Waals surface area contributed by atoms with Crippen LogP contribution in [0, 0.1) is 11.3 Å². The van der Waals surface area contributed by atoms with Crippen molar-refractivity contribution in [3.63, 3.8) is 0 Å². The van der Waals surface area contributed by atoms with E-state index in [4.69, 9.17) is 11.6 Å². The molecular formula is C16H9ClN2O. The summed E-state index contributed by atoms with van der Waals surface area (Å²) in [5.41, 5.74) is 2.13. The zero-order valence-electron chi connectivity index (χ0n) is 10.4. The van der Waals surface area contributed by atoms with Gasteiger partial charge in [-0.05, 0) is 24.3 Å². The van der Waals surface area contributed by atoms with Gasteiger partial charge in [-0.1, -0.05) is 29.8 Å². The SMILES string of the molecule is N#Cc1cccc2[nH]cc(C(=O)c3ccccc3Cl)c12. The average molecular weight is 281 g/mol. The van der Waals surface area contributed by atoms with Gasteiger partial charge in [0.15, 0.2) is 5.78 Å². The quantitative estimate of drug-likeness (QED) is 0.723. The summed E-state index contributed by atoms with van der Waals surface area (Å²) in [6, 6.07) is 14.3. The third-order valence-electron chi connectivity index (χ3n) is 3.19. The first kappa shape index (κ1) is 12.5. The van der Waals surface area contributed by atoms with Crippen LogP contribution in [0.1, 0.15) is 21.5 Å². The van der Waals surface area contributed by atoms with Crippen LogP contribution in [0.2, 0.25) is 5.02 Å². The van der Waals surface area contributed by atoms with E-state index in [1.54, 1.807) is 42.6 Å². The second-order valence-electron chi connectivity index (χ2n) is 4.35. The number of fused-ring (bicyclic) bond motifs is 1. The summed E-state index contributed by atoms with van der Waals surface area (Å²) < 4.78 is 0. The highest BCUT2D eigenvalue weighted by molar-refractivity contribution is 6.35. The third kappa shape index (κ3) is 1.87. The molecule has 0 unspecified atom stereocenters. The molecule has 20 heavy (non-hydrogen) atoms. The van der Waals surface area contributed by atoms with Crippen molar-refractivity contribution in [2.24, 2.45) is 0 Å². The number of carbonyl (C=O) groups excluding carboxylic acids is 1. The van der Waals surface area contributed by atoms with Gasteiger partial charge in [-0.15, -0.1) is 0 Å². The Bertz CT molecular complexity index is 858. The molecule has 0 aliphatic carbocycles. The van der Waals surface area contributed by atoms with Gasteiger partial charge in [-0.2, -0.15) is 5.26 Å². The van der Waals surface area contributed by atoms with Crippen LogP contribution >= 0.6 is 11.6 Å². The first-order valence-corrected chi connectivity index (χ1v) is 6.39. The summed E-state index contributed by atoms with van der Waals surface area (Å²) in [7, 11) is 0. The van der Waals surface area contributed by atoms with E-state index in [1.807, 2.05) is 6.07 Å². The van der Waals surface area contributed by atoms with Gasteiger partial charge in [-0.25, -0.2) is 0 Å². The Morgan fingerprint density at radius 1 is 1.10 bits per heavy atom. The third-order valence-corrected chi connectivity index (χ3v) is 3.52. The van der Waals surface area contributed by atoms with Crippen molar-refractivity contribution in [3.05, 3.63) is 70.4 Å². The minimum absolute atomic E-state index is 0.190. The summed E-state index contributed by atoms with van der Waals surface area (Å²) >= 11 is 6.06. The minimum atomic E-state index is -0.190. The second-order valence-corrected chi connectivity index (χ2v) is 4.76. The predicted molar refractivity (Wildman–Crippen MR) is 77.9 cm³/mol. The van der Waals surface area contributed by atoms with E-state index in [2.05, 4.69) is 11.1 Å². The van der Waals surface area contributed by atoms with E-state index in [0.29, 0.717) is 27.1 Å². The number of hydrogen-bond donors (Lipinski definition) is 1. The molecule has 0 fully saturated rings. The van der Waals surface area contributed by atoms with Gasteiger partial charge in [0.05, 0.1) is 16.7 Å². The molecule has 0 bridgehead atoms. The van der Waals surface area contributed by atoms with Crippen LogP contribution in [-0.2, 0) is 0 Å². The van der Waals surface area contributed by atoms with Crippen LogP contribution in [0.3, 0.4) is 0 Å². The zero-order valence-corrected chi connectivity index (χ0v) is 11.1. The molecule has 3 rings (SSSR count). The van der Waals surface area contributed by atoms with Crippen molar-refractivity contribution in [1.82, 2.24) is 4.98 Å². The van der Waals surface area contributed by atoms with E-state index >= 15 is 0 Å². The van der Waals surface area contributed by atoms with E-state index < -0.39 is 0 Å². The standard InChI is InChI=1S/C16H9ClN2O/c17-13-6-2-1-5-11(13)16(20)12-9-19-14-7-3-4-10(8-18)15(12)14/h1-7,9,19H. The number of halogens is 1. The van der Waals surface area contributed by atoms with Crippen LogP contribution < -0.4 is 0 Å². The summed E-state index contributed by atoms with van der Waals surface area (Å²) in [5.74, 6) is -0.190. The van der Waals surface area contributed by atoms with Gasteiger partial charge in [0.1, 0.15) is 0 Å². The number of rotatable bonds is 2. The van der Waals surface area contributed by atoms with Crippen molar-refractivity contribution < 1.29 is 4.79 Å². The Morgan fingerprint density at radius 2 is 1.90 bits per heavy atom. The number of hydrogen-bond acceptors (Lipinski definition) is 2. The molecule has 2 aromatic carbocycles. The number of aromatic nitrogens is 1. The lowest BCUT2D eigenvalue weighted by atomic mass is 10.00. The first-order valence-electron chi connectivity index (χ1n) is 6.02. The number of nitrogens with one attached hydrogen (secondary N) is 1. The molecule has 0 saturated carbocycles. The van der Waals surface area contributed by atoms with Gasteiger partial charge in [0, 0.05) is 28.2 Å². The van der Waals surface area contributed by atoms with Crippen LogP contribution in [0.25, 0.3) is 10.9 Å². The molecule has 0 atom stereocenters. The van der Waals surface area contributed by atoms with Crippen molar-refractivity contribution in [2.75, 3.05) is 0 Å². The van der Waals surface area contributed by atoms with Gasteiger partial charge in [-0.3, -0.25) is 4.79 Å². The monoisotopic (exact) mass is 280 g/mol. The molecule has 0 aliphatic heterocycles. The van der Waals surface area contributed by atoms with Crippen LogP contribution in [0.4, 0.5) is 0 Å². The molecular weight excluding hydrogens is 272 g/mol. The number of nitrogens with zero attached hydrogens (tertiary/aromatic N) is 1. The van der Waals surface area contributed by atoms with Crippen LogP contribution in [0.5, 0.6) is 0 Å². The second kappa shape index (κ2) is 4.84. The van der Waals surface area contributed by atoms with E-state index in [0.717, 1.165) is 5.52 Å². The highest BCUT2D eigenvalue weighted by Crippen LogP contribution is 2.26. The number of nitriles is 1. The largest absolute Gasteiger partial charge is 0.360 e. The molecule has 3 aromatic rings. The van der Waals surface area contributed by atoms with E-state index in [9.17, 15) is 10.1 Å². The Kier molecular flexibility index (Phi) is 3.02. The summed E-state index contributed by atoms with van der Waals surface area (Å²) in [5, 5.41) is 10.2. The van der Waals surface area contributed by atoms with Crippen molar-refractivity contribution in [2.45, 2.75) is 0 Å². The fourth-order valence-electron chi connectivity index (χ4n) is 2.25. The summed E-state index contributed by atoms with van der Waals surface area (Å²) in [6.07, 6.45) is 1.62. The molecule has 0 amide bonds. The molecule has 1 N–H and O–H groups in total. The molecule has 1 heterocycles. The van der Waals surface area contributed by atoms with Crippen LogP contribution in [-0.4, -0.2) is 10.8 Å². The fraction of sp³-hybridized carbons (Fsp3) is 0. The average Bonchev–Trinajstić information content (AvgIpc) is 2.91. The molecule has 0 saturated heterocycles. The highest BCUT2D eigenvalue weighted by atomic mass is 35.5. The maximum Gasteiger partial charge on any atom is 0.196 e. The van der Waals surface area contributed by atoms with Gasteiger partial charge < -0.3 is 4.98 Å². The number of aromatic amines is 1. The highest BCUT2D eigenvalue weighted by Gasteiger charge is 2.18. The maximum absolute atomic E-state index is 12.6. The van der Waals surface area contributed by atoms with Gasteiger partial charge in [0.25, 0.3) is 0 Å². The Labute approximate surface area is 120 Å². The smallest absolute Gasteiger partial charge is 0.196 e. The number of H-pyrrole nitrogens is 1. The van der Waals surface area contributed by atoms with Crippen molar-refractivity contribution in [3.8, 4) is 6.07 Å². The lowest BCUT2D eigenvalue weighted by molar-refractivity contribution is 0.104. The Morgan fingerprint density at radius 3 is 2.65 bits per heavy atom. The lowest BCUT2D eigenvalue weighted by Crippen LogP contribution is -2.01. The zero-order chi connectivity index (χ0) is 14.1.